The van der Waals surface area contributed by atoms with Gasteiger partial charge in [-0.05, 0) is 41.8 Å². The molecule has 4 N–H and O–H groups in total. The third-order valence-corrected chi connectivity index (χ3v) is 5.87. The first kappa shape index (κ1) is 21.6. The number of rotatable bonds is 5. The Labute approximate surface area is 182 Å². The molecule has 7 nitrogen and oxygen atoms in total. The van der Waals surface area contributed by atoms with Gasteiger partial charge in [0.2, 0.25) is 5.50 Å². The van der Waals surface area contributed by atoms with Crippen molar-refractivity contribution in [2.45, 2.75) is 20.4 Å². The highest BCUT2D eigenvalue weighted by molar-refractivity contribution is 7.59. The molecule has 31 heavy (non-hydrogen) atoms. The third kappa shape index (κ3) is 4.00. The fourth-order valence-electron chi connectivity index (χ4n) is 3.48. The normalized spacial score (nSPS) is 12.2. The Balaban J connectivity index is 2.05. The number of anilines is 1. The monoisotopic (exact) mass is 463 g/mol. The van der Waals surface area contributed by atoms with Crippen molar-refractivity contribution in [2.75, 3.05) is 5.73 Å². The van der Waals surface area contributed by atoms with Crippen LogP contribution in [0.2, 0.25) is 5.02 Å². The van der Waals surface area contributed by atoms with Crippen LogP contribution < -0.4 is 11.2 Å². The zero-order valence-corrected chi connectivity index (χ0v) is 18.4. The van der Waals surface area contributed by atoms with E-state index in [4.69, 9.17) is 21.8 Å². The number of aromatic nitrogens is 2. The lowest BCUT2D eigenvalue weighted by atomic mass is 10.0. The molecule has 0 saturated heterocycles. The molecule has 0 radical (unpaired) electrons. The van der Waals surface area contributed by atoms with E-state index < -0.39 is 18.9 Å². The van der Waals surface area contributed by atoms with E-state index in [9.17, 15) is 18.7 Å². The zero-order valence-electron chi connectivity index (χ0n) is 16.7. The van der Waals surface area contributed by atoms with Gasteiger partial charge in [0.25, 0.3) is 0 Å². The van der Waals surface area contributed by atoms with Crippen LogP contribution >= 0.6 is 19.2 Å². The van der Waals surface area contributed by atoms with E-state index in [1.807, 2.05) is 18.4 Å². The Hall–Kier alpha value is -2.64. The fourth-order valence-corrected chi connectivity index (χ4v) is 4.10. The summed E-state index contributed by atoms with van der Waals surface area (Å²) in [5.41, 5.74) is 7.58. The van der Waals surface area contributed by atoms with Gasteiger partial charge >= 0.3 is 7.60 Å². The van der Waals surface area contributed by atoms with Crippen LogP contribution in [0.25, 0.3) is 33.7 Å². The molecule has 0 atom stereocenters. The molecule has 4 aromatic rings. The summed E-state index contributed by atoms with van der Waals surface area (Å²) in [4.78, 5) is 23.3. The maximum atomic E-state index is 14.7. The van der Waals surface area contributed by atoms with E-state index in [2.05, 4.69) is 4.98 Å². The quantitative estimate of drug-likeness (QED) is 0.289. The second-order valence-corrected chi connectivity index (χ2v) is 9.61. The van der Waals surface area contributed by atoms with Crippen LogP contribution in [0.3, 0.4) is 0 Å². The summed E-state index contributed by atoms with van der Waals surface area (Å²) in [7, 11) is -4.58. The molecule has 2 aromatic carbocycles. The van der Waals surface area contributed by atoms with Crippen molar-refractivity contribution in [2.24, 2.45) is 5.92 Å². The number of benzene rings is 2. The topological polar surface area (TPSA) is 115 Å². The van der Waals surface area contributed by atoms with Gasteiger partial charge in [-0.25, -0.2) is 9.37 Å². The molecule has 162 valence electrons. The minimum Gasteiger partial charge on any atom is -0.445 e. The number of halogens is 2. The molecule has 2 aromatic heterocycles. The van der Waals surface area contributed by atoms with E-state index in [0.29, 0.717) is 28.5 Å². The highest BCUT2D eigenvalue weighted by atomic mass is 35.5. The van der Waals surface area contributed by atoms with Gasteiger partial charge in [0, 0.05) is 17.1 Å². The maximum Gasteiger partial charge on any atom is 0.391 e. The minimum atomic E-state index is -4.58. The molecule has 4 rings (SSSR count). The number of hydrogen-bond donors (Lipinski definition) is 3. The number of fused-ring (bicyclic) bond motifs is 1. The Morgan fingerprint density at radius 2 is 1.90 bits per heavy atom. The van der Waals surface area contributed by atoms with E-state index in [1.165, 1.54) is 18.2 Å². The van der Waals surface area contributed by atoms with Crippen molar-refractivity contribution in [3.05, 3.63) is 53.3 Å². The first-order valence-corrected chi connectivity index (χ1v) is 11.5. The number of hydrogen-bond acceptors (Lipinski definition) is 4. The molecular formula is C21H20ClFN3O4P. The maximum absolute atomic E-state index is 14.7. The molecule has 0 bridgehead atoms. The molecule has 0 spiro atoms. The first-order chi connectivity index (χ1) is 14.6. The van der Waals surface area contributed by atoms with Gasteiger partial charge < -0.3 is 24.5 Å². The van der Waals surface area contributed by atoms with E-state index in [1.54, 1.807) is 24.3 Å². The Bertz CT molecular complexity index is 1320. The van der Waals surface area contributed by atoms with Crippen LogP contribution in [0.5, 0.6) is 0 Å². The van der Waals surface area contributed by atoms with Gasteiger partial charge in [-0.3, -0.25) is 4.57 Å². The van der Waals surface area contributed by atoms with Crippen LogP contribution in [-0.4, -0.2) is 19.3 Å². The standard InChI is InChI=1S/C21H20ClFN3O4P/c1-11(2)10-26-20-14(12-3-5-13(22)6-4-12)9-15(23)18(24)19(20)25-21(26)16-7-8-17(30-16)31(27,28)29/h3-9,11H,10,24H2,1-2H3,(H2,27,28,29). The largest absolute Gasteiger partial charge is 0.445 e. The summed E-state index contributed by atoms with van der Waals surface area (Å²) in [5, 5.41) is 0.549. The van der Waals surface area contributed by atoms with Gasteiger partial charge in [0.05, 0.1) is 11.2 Å². The van der Waals surface area contributed by atoms with Gasteiger partial charge in [-0.1, -0.05) is 37.6 Å². The Morgan fingerprint density at radius 3 is 2.48 bits per heavy atom. The van der Waals surface area contributed by atoms with Crippen molar-refractivity contribution in [1.29, 1.82) is 0 Å². The number of nitrogen functional groups attached to an aromatic ring is 1. The van der Waals surface area contributed by atoms with Crippen LogP contribution in [-0.2, 0) is 11.1 Å². The second-order valence-electron chi connectivity index (χ2n) is 7.65. The summed E-state index contributed by atoms with van der Waals surface area (Å²) in [5.74, 6) is 0.0122. The van der Waals surface area contributed by atoms with Gasteiger partial charge in [0.1, 0.15) is 11.3 Å². The van der Waals surface area contributed by atoms with E-state index >= 15 is 0 Å². The number of furan rings is 1. The minimum absolute atomic E-state index is 0.113. The third-order valence-electron chi connectivity index (χ3n) is 4.81. The molecule has 0 amide bonds. The lowest BCUT2D eigenvalue weighted by molar-refractivity contribution is 0.377. The summed E-state index contributed by atoms with van der Waals surface area (Å²) >= 11 is 6.01. The van der Waals surface area contributed by atoms with Crippen molar-refractivity contribution in [3.8, 4) is 22.7 Å². The second kappa shape index (κ2) is 7.80. The first-order valence-electron chi connectivity index (χ1n) is 9.46. The summed E-state index contributed by atoms with van der Waals surface area (Å²) < 4.78 is 33.5. The molecular weight excluding hydrogens is 444 g/mol. The molecule has 0 fully saturated rings. The van der Waals surface area contributed by atoms with Crippen molar-refractivity contribution in [3.63, 3.8) is 0 Å². The predicted molar refractivity (Wildman–Crippen MR) is 119 cm³/mol. The molecule has 0 aliphatic heterocycles. The molecule has 0 unspecified atom stereocenters. The van der Waals surface area contributed by atoms with Crippen LogP contribution in [0.15, 0.2) is 46.9 Å². The van der Waals surface area contributed by atoms with E-state index in [-0.39, 0.29) is 22.9 Å². The summed E-state index contributed by atoms with van der Waals surface area (Å²) in [6, 6.07) is 11.0. The fraction of sp³-hybridized carbons (Fsp3) is 0.190. The van der Waals surface area contributed by atoms with Crippen LogP contribution in [0.1, 0.15) is 13.8 Å². The summed E-state index contributed by atoms with van der Waals surface area (Å²) in [6.45, 7) is 4.50. The van der Waals surface area contributed by atoms with Crippen molar-refractivity contribution >= 4 is 41.4 Å². The number of imidazole rings is 1. The summed E-state index contributed by atoms with van der Waals surface area (Å²) in [6.07, 6.45) is 0. The highest BCUT2D eigenvalue weighted by Crippen LogP contribution is 2.39. The number of nitrogens with zero attached hydrogens (tertiary/aromatic N) is 2. The molecule has 0 saturated carbocycles. The average Bonchev–Trinajstić information content (AvgIpc) is 3.30. The molecule has 2 heterocycles. The van der Waals surface area contributed by atoms with Crippen LogP contribution in [0.4, 0.5) is 10.1 Å². The zero-order chi connectivity index (χ0) is 22.5. The molecule has 0 aliphatic rings. The molecule has 0 aliphatic carbocycles. The van der Waals surface area contributed by atoms with Gasteiger partial charge in [0.15, 0.2) is 11.6 Å². The predicted octanol–water partition coefficient (Wildman–Crippen LogP) is 4.80. The molecule has 10 heteroatoms. The lowest BCUT2D eigenvalue weighted by Gasteiger charge is -2.14. The van der Waals surface area contributed by atoms with Crippen molar-refractivity contribution < 1.29 is 23.2 Å². The Morgan fingerprint density at radius 1 is 1.23 bits per heavy atom. The Kier molecular flexibility index (Phi) is 5.43. The van der Waals surface area contributed by atoms with E-state index in [0.717, 1.165) is 5.56 Å². The SMILES string of the molecule is CC(C)Cn1c(-c2ccc(P(=O)(O)O)o2)nc2c(N)c(F)cc(-c3ccc(Cl)cc3)c21. The average molecular weight is 464 g/mol. The number of nitrogens with two attached hydrogens (primary N) is 1. The van der Waals surface area contributed by atoms with Gasteiger partial charge in [-0.2, -0.15) is 0 Å². The lowest BCUT2D eigenvalue weighted by Crippen LogP contribution is -2.07. The smallest absolute Gasteiger partial charge is 0.391 e. The van der Waals surface area contributed by atoms with Crippen LogP contribution in [0, 0.1) is 11.7 Å². The van der Waals surface area contributed by atoms with Gasteiger partial charge in [-0.15, -0.1) is 0 Å². The highest BCUT2D eigenvalue weighted by Gasteiger charge is 2.26. The van der Waals surface area contributed by atoms with Crippen molar-refractivity contribution in [1.82, 2.24) is 9.55 Å².